The first kappa shape index (κ1) is 41.6. The molecule has 57 heavy (non-hydrogen) atoms. The number of rotatable bonds is 12. The highest BCUT2D eigenvalue weighted by Crippen LogP contribution is 2.50. The van der Waals surface area contributed by atoms with Crippen LogP contribution in [0.2, 0.25) is 0 Å². The third-order valence-electron chi connectivity index (χ3n) is 10.8. The summed E-state index contributed by atoms with van der Waals surface area (Å²) >= 11 is 0. The van der Waals surface area contributed by atoms with E-state index in [1.54, 1.807) is 12.1 Å². The van der Waals surface area contributed by atoms with Gasteiger partial charge in [-0.3, -0.25) is 0 Å². The summed E-state index contributed by atoms with van der Waals surface area (Å²) < 4.78 is 97.6. The molecule has 6 rings (SSSR count). The van der Waals surface area contributed by atoms with Crippen LogP contribution in [0.1, 0.15) is 88.8 Å². The molecule has 4 nitrogen and oxygen atoms in total. The van der Waals surface area contributed by atoms with Gasteiger partial charge in [0.1, 0.15) is 11.5 Å². The third kappa shape index (κ3) is 8.95. The highest BCUT2D eigenvalue weighted by molar-refractivity contribution is 6.03. The second kappa shape index (κ2) is 15.7. The van der Waals surface area contributed by atoms with Crippen LogP contribution in [-0.2, 0) is 36.0 Å². The minimum atomic E-state index is -4.50. The van der Waals surface area contributed by atoms with Gasteiger partial charge >= 0.3 is 12.4 Å². The van der Waals surface area contributed by atoms with E-state index in [1.807, 2.05) is 122 Å². The van der Waals surface area contributed by atoms with Gasteiger partial charge in [0.15, 0.2) is 12.3 Å². The molecular formula is C47H51F6N2O2+. The van der Waals surface area contributed by atoms with Crippen LogP contribution in [-0.4, -0.2) is 35.6 Å². The van der Waals surface area contributed by atoms with E-state index in [0.29, 0.717) is 48.4 Å². The number of nitrogens with zero attached hydrogens (tertiary/aromatic N) is 2. The van der Waals surface area contributed by atoms with Crippen molar-refractivity contribution in [1.29, 1.82) is 0 Å². The summed E-state index contributed by atoms with van der Waals surface area (Å²) in [5.74, 6) is 1.53. The summed E-state index contributed by atoms with van der Waals surface area (Å²) in [5, 5.41) is 0. The molecule has 2 aliphatic rings. The standard InChI is InChI=1S/C47H51F6N2O2/c1-30(2)56-36-18-12-32(13-19-36)24-26-54-40-22-16-34(46(48,49)50)28-38(40)44(5,6)42(54)10-9-11-43-45(7,8)39-29-35(47(51,52)53)17-23-41(39)55(43)27-25-33-14-20-37(21-15-33)57-31(3)4/h9-23,28-31H,24-27H2,1-8H3/q+1. The smallest absolute Gasteiger partial charge is 0.416 e. The van der Waals surface area contributed by atoms with Crippen molar-refractivity contribution in [3.8, 4) is 11.5 Å². The molecule has 0 bridgehead atoms. The Morgan fingerprint density at radius 1 is 0.649 bits per heavy atom. The molecule has 0 spiro atoms. The average molecular weight is 790 g/mol. The summed E-state index contributed by atoms with van der Waals surface area (Å²) in [7, 11) is 0. The average Bonchev–Trinajstić information content (AvgIpc) is 3.47. The van der Waals surface area contributed by atoms with E-state index in [-0.39, 0.29) is 12.2 Å². The molecule has 0 N–H and O–H groups in total. The van der Waals surface area contributed by atoms with Crippen LogP contribution in [0, 0.1) is 0 Å². The number of fused-ring (bicyclic) bond motifs is 2. The summed E-state index contributed by atoms with van der Waals surface area (Å²) in [4.78, 5) is 2.08. The van der Waals surface area contributed by atoms with Crippen molar-refractivity contribution in [2.75, 3.05) is 18.0 Å². The molecule has 0 aliphatic carbocycles. The van der Waals surface area contributed by atoms with Gasteiger partial charge in [0.25, 0.3) is 0 Å². The summed E-state index contributed by atoms with van der Waals surface area (Å²) in [6.45, 7) is 16.6. The Hall–Kier alpha value is -4.99. The van der Waals surface area contributed by atoms with E-state index in [1.165, 1.54) is 12.1 Å². The number of alkyl halides is 6. The van der Waals surface area contributed by atoms with E-state index in [4.69, 9.17) is 9.47 Å². The predicted octanol–water partition coefficient (Wildman–Crippen LogP) is 12.4. The lowest BCUT2D eigenvalue weighted by Crippen LogP contribution is -2.29. The van der Waals surface area contributed by atoms with Gasteiger partial charge in [0.05, 0.1) is 28.7 Å². The van der Waals surface area contributed by atoms with Crippen molar-refractivity contribution in [2.24, 2.45) is 0 Å². The zero-order valence-electron chi connectivity index (χ0n) is 33.8. The predicted molar refractivity (Wildman–Crippen MR) is 215 cm³/mol. The molecule has 302 valence electrons. The highest BCUT2D eigenvalue weighted by Gasteiger charge is 2.46. The second-order valence-electron chi connectivity index (χ2n) is 16.4. The SMILES string of the molecule is CC(C)Oc1ccc(CCN2/C(=C/C=C/C3=[N+](CCc4ccc(OC(C)C)cc4)c4ccc(C(F)(F)F)cc4C3(C)C)C(C)(C)c3cc(C(F)(F)F)ccc32)cc1. The lowest BCUT2D eigenvalue weighted by Gasteiger charge is -2.27. The van der Waals surface area contributed by atoms with Gasteiger partial charge in [0, 0.05) is 47.5 Å². The number of anilines is 1. The monoisotopic (exact) mass is 789 g/mol. The van der Waals surface area contributed by atoms with Crippen LogP contribution in [0.3, 0.4) is 0 Å². The Balaban J connectivity index is 1.37. The molecule has 4 aromatic rings. The van der Waals surface area contributed by atoms with E-state index in [0.717, 1.165) is 46.2 Å². The summed E-state index contributed by atoms with van der Waals surface area (Å²) in [5.41, 5.74) is 3.31. The number of hydrogen-bond donors (Lipinski definition) is 0. The number of allylic oxidation sites excluding steroid dienone is 4. The minimum Gasteiger partial charge on any atom is -0.491 e. The summed E-state index contributed by atoms with van der Waals surface area (Å²) in [6.07, 6.45) is -1.92. The molecule has 0 atom stereocenters. The maximum Gasteiger partial charge on any atom is 0.416 e. The van der Waals surface area contributed by atoms with Gasteiger partial charge in [-0.25, -0.2) is 0 Å². The van der Waals surface area contributed by atoms with E-state index in [9.17, 15) is 26.3 Å². The molecule has 0 saturated heterocycles. The molecule has 0 saturated carbocycles. The maximum atomic E-state index is 14.0. The zero-order chi connectivity index (χ0) is 41.5. The number of hydrogen-bond acceptors (Lipinski definition) is 3. The molecule has 2 heterocycles. The van der Waals surface area contributed by atoms with Gasteiger partial charge in [-0.2, -0.15) is 30.9 Å². The van der Waals surface area contributed by atoms with Gasteiger partial charge in [-0.1, -0.05) is 44.2 Å². The van der Waals surface area contributed by atoms with Crippen LogP contribution >= 0.6 is 0 Å². The maximum absolute atomic E-state index is 14.0. The third-order valence-corrected chi connectivity index (χ3v) is 10.8. The molecule has 0 amide bonds. The number of ether oxygens (including phenoxy) is 2. The fraction of sp³-hybridized carbons (Fsp3) is 0.383. The van der Waals surface area contributed by atoms with Crippen LogP contribution < -0.4 is 14.4 Å². The van der Waals surface area contributed by atoms with Gasteiger partial charge in [-0.15, -0.1) is 0 Å². The molecule has 4 aromatic carbocycles. The van der Waals surface area contributed by atoms with E-state index >= 15 is 0 Å². The minimum absolute atomic E-state index is 0.0374. The van der Waals surface area contributed by atoms with Crippen LogP contribution in [0.4, 0.5) is 37.7 Å². The van der Waals surface area contributed by atoms with Crippen molar-refractivity contribution in [3.63, 3.8) is 0 Å². The topological polar surface area (TPSA) is 24.7 Å². The fourth-order valence-corrected chi connectivity index (χ4v) is 7.91. The van der Waals surface area contributed by atoms with Crippen LogP contribution in [0.5, 0.6) is 11.5 Å². The van der Waals surface area contributed by atoms with Crippen molar-refractivity contribution < 1.29 is 40.4 Å². The first-order valence-corrected chi connectivity index (χ1v) is 19.4. The van der Waals surface area contributed by atoms with Gasteiger partial charge < -0.3 is 14.4 Å². The van der Waals surface area contributed by atoms with E-state index in [2.05, 4.69) is 9.48 Å². The van der Waals surface area contributed by atoms with Crippen LogP contribution in [0.15, 0.2) is 109 Å². The van der Waals surface area contributed by atoms with Gasteiger partial charge in [0.2, 0.25) is 5.69 Å². The first-order chi connectivity index (χ1) is 26.7. The quantitative estimate of drug-likeness (QED) is 0.106. The number of halogens is 6. The fourth-order valence-electron chi connectivity index (χ4n) is 7.91. The van der Waals surface area contributed by atoms with Crippen molar-refractivity contribution in [1.82, 2.24) is 0 Å². The van der Waals surface area contributed by atoms with Crippen molar-refractivity contribution in [2.45, 2.75) is 104 Å². The number of benzene rings is 4. The Morgan fingerprint density at radius 2 is 1.16 bits per heavy atom. The molecule has 0 radical (unpaired) electrons. The Kier molecular flexibility index (Phi) is 11.5. The molecular weight excluding hydrogens is 739 g/mol. The Labute approximate surface area is 332 Å². The molecule has 0 fully saturated rings. The normalized spacial score (nSPS) is 17.0. The first-order valence-electron chi connectivity index (χ1n) is 19.4. The molecule has 2 aliphatic heterocycles. The lowest BCUT2D eigenvalue weighted by molar-refractivity contribution is -0.436. The van der Waals surface area contributed by atoms with Crippen molar-refractivity contribution in [3.05, 3.63) is 142 Å². The van der Waals surface area contributed by atoms with Gasteiger partial charge in [-0.05, 0) is 125 Å². The Morgan fingerprint density at radius 3 is 1.68 bits per heavy atom. The van der Waals surface area contributed by atoms with Crippen LogP contribution in [0.25, 0.3) is 0 Å². The second-order valence-corrected chi connectivity index (χ2v) is 16.4. The Bertz CT molecular complexity index is 2170. The summed E-state index contributed by atoms with van der Waals surface area (Å²) in [6, 6.07) is 23.5. The lowest BCUT2D eigenvalue weighted by atomic mass is 9.80. The van der Waals surface area contributed by atoms with E-state index < -0.39 is 34.3 Å². The molecule has 0 aromatic heterocycles. The zero-order valence-corrected chi connectivity index (χ0v) is 33.8. The molecule has 10 heteroatoms. The largest absolute Gasteiger partial charge is 0.491 e. The van der Waals surface area contributed by atoms with Crippen molar-refractivity contribution >= 4 is 17.1 Å². The molecule has 0 unspecified atom stereocenters. The highest BCUT2D eigenvalue weighted by atomic mass is 19.4.